The average molecular weight is 843 g/mol. The Labute approximate surface area is 309 Å². The summed E-state index contributed by atoms with van der Waals surface area (Å²) in [6.45, 7) is -0.549. The first kappa shape index (κ1) is 44.4. The number of carbonyl (C=O) groups excluding carboxylic acids is 1. The summed E-state index contributed by atoms with van der Waals surface area (Å²) in [5, 5.41) is 138. The molecule has 4 aliphatic heterocycles. The fourth-order valence-electron chi connectivity index (χ4n) is 6.56. The number of hydrogen-bond donors (Lipinski definition) is 14. The first-order valence-corrected chi connectivity index (χ1v) is 17.5. The van der Waals surface area contributed by atoms with E-state index in [1.54, 1.807) is 0 Å². The van der Waals surface area contributed by atoms with E-state index < -0.39 is 165 Å². The van der Waals surface area contributed by atoms with Gasteiger partial charge in [0.2, 0.25) is 5.91 Å². The molecule has 14 N–H and O–H groups in total. The number of nitrogens with one attached hydrogen (secondary N) is 1. The molecule has 0 saturated carbocycles. The second kappa shape index (κ2) is 18.3. The largest absolute Gasteiger partial charge is 0.477 e. The van der Waals surface area contributed by atoms with Crippen LogP contribution in [0.25, 0.3) is 0 Å². The minimum Gasteiger partial charge on any atom is -0.477 e. The van der Waals surface area contributed by atoms with Gasteiger partial charge in [-0.25, -0.2) is 4.79 Å². The number of aliphatic hydroxyl groups excluding tert-OH is 12. The Morgan fingerprint density at radius 2 is 1.43 bits per heavy atom. The number of carboxylic acids is 1. The smallest absolute Gasteiger partial charge is 0.364 e. The number of ether oxygens (including phenoxy) is 7. The van der Waals surface area contributed by atoms with Gasteiger partial charge in [0.1, 0.15) is 79.4 Å². The lowest BCUT2D eigenvalue weighted by Gasteiger charge is -2.51. The van der Waals surface area contributed by atoms with Gasteiger partial charge in [0.25, 0.3) is 5.79 Å². The average Bonchev–Trinajstić information content (AvgIpc) is 3.11. The molecule has 0 aliphatic carbocycles. The number of carbonyl (C=O) groups is 2. The highest BCUT2D eigenvalue weighted by Crippen LogP contribution is 2.39. The molecule has 21 atom stereocenters. The standard InChI is InChI=1S/C29H48BrNO22/c1-7-15(38)18(41)19(42)26(47-7)51-22-13(30)25(44)48-12(6-34)21(22)50-27-20(43)24(17(40)11(5-33)49-27)53-29(28(45)46)3-9(36)14(31-8(2)35)23(52-29)16(39)10(37)4-32/h7,9-27,32-34,36-44H,3-6H2,1-2H3,(H,31,35)(H,45,46)/t7-,9-,10+,11+,12+,13+,14+,15+,16+,17-,18+,19-,20+,21+,22+,23+,24-,25?,26-,27-,29-/m0/s1. The lowest BCUT2D eigenvalue weighted by atomic mass is 9.88. The zero-order chi connectivity index (χ0) is 39.7. The van der Waals surface area contributed by atoms with Crippen LogP contribution < -0.4 is 5.32 Å². The minimum atomic E-state index is -3.07. The van der Waals surface area contributed by atoms with E-state index in [0.29, 0.717) is 0 Å². The predicted molar refractivity (Wildman–Crippen MR) is 168 cm³/mol. The van der Waals surface area contributed by atoms with Crippen molar-refractivity contribution in [3.05, 3.63) is 0 Å². The van der Waals surface area contributed by atoms with E-state index in [0.717, 1.165) is 6.92 Å². The molecule has 23 nitrogen and oxygen atoms in total. The first-order valence-electron chi connectivity index (χ1n) is 16.5. The quantitative estimate of drug-likeness (QED) is 0.0766. The number of halogens is 1. The molecule has 0 aromatic rings. The fourth-order valence-corrected chi connectivity index (χ4v) is 7.11. The molecular formula is C29H48BrNO22. The Hall–Kier alpha value is -1.34. The van der Waals surface area contributed by atoms with Gasteiger partial charge in [-0.3, -0.25) is 4.79 Å². The van der Waals surface area contributed by atoms with Crippen molar-refractivity contribution in [1.29, 1.82) is 0 Å². The van der Waals surface area contributed by atoms with E-state index in [4.69, 9.17) is 33.2 Å². The molecular weight excluding hydrogens is 794 g/mol. The highest BCUT2D eigenvalue weighted by molar-refractivity contribution is 9.09. The van der Waals surface area contributed by atoms with Crippen molar-refractivity contribution in [1.82, 2.24) is 5.32 Å². The molecule has 4 aliphatic rings. The summed E-state index contributed by atoms with van der Waals surface area (Å²) in [6.07, 6.45) is -33.4. The Balaban J connectivity index is 1.66. The summed E-state index contributed by atoms with van der Waals surface area (Å²) in [7, 11) is 0. The summed E-state index contributed by atoms with van der Waals surface area (Å²) < 4.78 is 39.5. The molecule has 53 heavy (non-hydrogen) atoms. The second-order valence-electron chi connectivity index (χ2n) is 13.2. The maximum atomic E-state index is 12.8. The van der Waals surface area contributed by atoms with Crippen molar-refractivity contribution in [2.75, 3.05) is 19.8 Å². The van der Waals surface area contributed by atoms with E-state index in [1.807, 2.05) is 0 Å². The van der Waals surface area contributed by atoms with Crippen molar-refractivity contribution in [3.63, 3.8) is 0 Å². The maximum absolute atomic E-state index is 12.8. The predicted octanol–water partition coefficient (Wildman–Crippen LogP) is -7.97. The van der Waals surface area contributed by atoms with E-state index in [-0.39, 0.29) is 0 Å². The van der Waals surface area contributed by atoms with Gasteiger partial charge in [0, 0.05) is 13.3 Å². The van der Waals surface area contributed by atoms with E-state index in [2.05, 4.69) is 21.2 Å². The maximum Gasteiger partial charge on any atom is 0.364 e. The molecule has 24 heteroatoms. The lowest BCUT2D eigenvalue weighted by Crippen LogP contribution is -2.71. The van der Waals surface area contributed by atoms with Crippen molar-refractivity contribution < 1.29 is 109 Å². The van der Waals surface area contributed by atoms with Crippen LogP contribution in [0.15, 0.2) is 0 Å². The Bertz CT molecular complexity index is 1230. The van der Waals surface area contributed by atoms with Gasteiger partial charge >= 0.3 is 5.97 Å². The van der Waals surface area contributed by atoms with Crippen LogP contribution in [0.1, 0.15) is 20.3 Å². The highest BCUT2D eigenvalue weighted by atomic mass is 79.9. The van der Waals surface area contributed by atoms with Gasteiger partial charge in [-0.2, -0.15) is 0 Å². The summed E-state index contributed by atoms with van der Waals surface area (Å²) in [5.74, 6) is -5.83. The SMILES string of the molecule is CC(=O)N[C@H]1[C@H]([C@H](O)[C@H](O)CO)O[C@@](O[C@H]2[C@@H](O)[C@@H](CO)O[C@@H](O[C@H]3[C@H](O[C@@H]4O[C@@H](C)[C@@H](O)[C@@H](O)[C@@H]4O)[C@@H](Br)C(O)O[C@@H]3CO)[C@@H]2O)(C(=O)O)C[C@@H]1O. The van der Waals surface area contributed by atoms with Crippen LogP contribution >= 0.6 is 15.9 Å². The van der Waals surface area contributed by atoms with Crippen LogP contribution in [0, 0.1) is 0 Å². The van der Waals surface area contributed by atoms with E-state index >= 15 is 0 Å². The molecule has 4 saturated heterocycles. The van der Waals surface area contributed by atoms with Crippen molar-refractivity contribution in [2.45, 2.75) is 147 Å². The molecule has 0 radical (unpaired) electrons. The number of aliphatic carboxylic acids is 1. The normalized spacial score (nSPS) is 47.8. The van der Waals surface area contributed by atoms with Gasteiger partial charge in [0.15, 0.2) is 18.9 Å². The zero-order valence-electron chi connectivity index (χ0n) is 28.2. The van der Waals surface area contributed by atoms with Gasteiger partial charge in [0.05, 0.1) is 42.9 Å². The van der Waals surface area contributed by atoms with Crippen molar-refractivity contribution >= 4 is 27.8 Å². The van der Waals surface area contributed by atoms with Gasteiger partial charge < -0.3 is 105 Å². The zero-order valence-corrected chi connectivity index (χ0v) is 29.8. The third-order valence-corrected chi connectivity index (χ3v) is 10.5. The van der Waals surface area contributed by atoms with Crippen LogP contribution in [-0.2, 0) is 42.7 Å². The summed E-state index contributed by atoms with van der Waals surface area (Å²) in [4.78, 5) is 23.4. The Morgan fingerprint density at radius 1 is 0.830 bits per heavy atom. The summed E-state index contributed by atoms with van der Waals surface area (Å²) >= 11 is 3.18. The fraction of sp³-hybridized carbons (Fsp3) is 0.931. The van der Waals surface area contributed by atoms with Gasteiger partial charge in [-0.1, -0.05) is 15.9 Å². The number of hydrogen-bond acceptors (Lipinski definition) is 21. The second-order valence-corrected chi connectivity index (χ2v) is 14.3. The molecule has 4 rings (SSSR count). The monoisotopic (exact) mass is 841 g/mol. The first-order chi connectivity index (χ1) is 24.8. The molecule has 1 amide bonds. The summed E-state index contributed by atoms with van der Waals surface area (Å²) in [5.41, 5.74) is 0. The van der Waals surface area contributed by atoms with Crippen LogP contribution in [0.5, 0.6) is 0 Å². The van der Waals surface area contributed by atoms with Crippen LogP contribution in [-0.4, -0.2) is 225 Å². The molecule has 0 spiro atoms. The third kappa shape index (κ3) is 9.29. The molecule has 1 unspecified atom stereocenters. The van der Waals surface area contributed by atoms with Gasteiger partial charge in [-0.15, -0.1) is 0 Å². The Morgan fingerprint density at radius 3 is 2.00 bits per heavy atom. The number of aliphatic hydroxyl groups is 12. The van der Waals surface area contributed by atoms with Crippen molar-refractivity contribution in [3.8, 4) is 0 Å². The van der Waals surface area contributed by atoms with Crippen LogP contribution in [0.3, 0.4) is 0 Å². The van der Waals surface area contributed by atoms with Crippen LogP contribution in [0.2, 0.25) is 0 Å². The lowest BCUT2D eigenvalue weighted by molar-refractivity contribution is -0.387. The topological polar surface area (TPSA) is 374 Å². The number of amides is 1. The summed E-state index contributed by atoms with van der Waals surface area (Å²) in [6, 6.07) is -1.57. The molecule has 308 valence electrons. The molecule has 4 heterocycles. The molecule has 0 bridgehead atoms. The van der Waals surface area contributed by atoms with E-state index in [9.17, 15) is 76.0 Å². The number of alkyl halides is 1. The molecule has 0 aromatic heterocycles. The number of rotatable bonds is 13. The highest BCUT2D eigenvalue weighted by Gasteiger charge is 2.60. The van der Waals surface area contributed by atoms with E-state index in [1.165, 1.54) is 6.92 Å². The minimum absolute atomic E-state index is 0.764. The van der Waals surface area contributed by atoms with Gasteiger partial charge in [-0.05, 0) is 6.92 Å². The number of carboxylic acid groups (broad SMARTS) is 1. The molecule has 0 aromatic carbocycles. The molecule has 4 fully saturated rings. The van der Waals surface area contributed by atoms with Crippen molar-refractivity contribution in [2.24, 2.45) is 0 Å². The Kier molecular flexibility index (Phi) is 15.3. The third-order valence-electron chi connectivity index (χ3n) is 9.50. The van der Waals surface area contributed by atoms with Crippen LogP contribution in [0.4, 0.5) is 0 Å².